The maximum Gasteiger partial charge on any atom is 0.324 e. The predicted octanol–water partition coefficient (Wildman–Crippen LogP) is 6.18. The molecule has 0 spiro atoms. The summed E-state index contributed by atoms with van der Waals surface area (Å²) >= 11 is 0. The Kier molecular flexibility index (Phi) is 8.95. The highest BCUT2D eigenvalue weighted by Gasteiger charge is 2.50. The van der Waals surface area contributed by atoms with Crippen molar-refractivity contribution in [2.75, 3.05) is 13.2 Å². The molecule has 2 N–H and O–H groups in total. The lowest BCUT2D eigenvalue weighted by atomic mass is 9.99. The van der Waals surface area contributed by atoms with Gasteiger partial charge in [-0.05, 0) is 48.1 Å². The van der Waals surface area contributed by atoms with Crippen molar-refractivity contribution >= 4 is 28.5 Å². The van der Waals surface area contributed by atoms with Gasteiger partial charge in [0, 0.05) is 19.4 Å². The molecule has 2 aliphatic rings. The average molecular weight is 514 g/mol. The van der Waals surface area contributed by atoms with Gasteiger partial charge in [-0.3, -0.25) is 15.6 Å². The minimum atomic E-state index is -2.11. The van der Waals surface area contributed by atoms with E-state index in [1.54, 1.807) is 4.90 Å². The molecule has 0 bridgehead atoms. The van der Waals surface area contributed by atoms with Crippen molar-refractivity contribution in [3.05, 3.63) is 0 Å². The van der Waals surface area contributed by atoms with Crippen LogP contribution in [0, 0.1) is 17.2 Å². The second-order valence-corrected chi connectivity index (χ2v) is 22.1. The van der Waals surface area contributed by atoms with E-state index < -0.39 is 16.6 Å². The SMILES string of the molecule is CC(C)C(C)(C)[Si](C)(C)OC[C@H]1O[C@@H](N2CCC(=N)NC2=O)C[C@@H]1O[Si](C)(C)C(C)(C)C(C)C. The first kappa shape index (κ1) is 29.5. The number of hydrogen-bond acceptors (Lipinski definition) is 5. The van der Waals surface area contributed by atoms with Gasteiger partial charge in [-0.15, -0.1) is 0 Å². The largest absolute Gasteiger partial charge is 0.414 e. The number of hydrogen-bond donors (Lipinski definition) is 2. The molecule has 0 unspecified atom stereocenters. The number of amidine groups is 1. The lowest BCUT2D eigenvalue weighted by Crippen LogP contribution is -2.53. The van der Waals surface area contributed by atoms with Crippen molar-refractivity contribution < 1.29 is 18.4 Å². The van der Waals surface area contributed by atoms with E-state index in [0.717, 1.165) is 0 Å². The summed E-state index contributed by atoms with van der Waals surface area (Å²) in [4.78, 5) is 14.3. The zero-order valence-corrected chi connectivity index (χ0v) is 25.8. The van der Waals surface area contributed by atoms with E-state index >= 15 is 0 Å². The third kappa shape index (κ3) is 5.96. The molecule has 0 radical (unpaired) electrons. The van der Waals surface area contributed by atoms with E-state index in [-0.39, 0.29) is 40.4 Å². The number of amides is 2. The fraction of sp³-hybridized carbons (Fsp3) is 0.920. The molecule has 3 atom stereocenters. The Balaban J connectivity index is 2.25. The van der Waals surface area contributed by atoms with E-state index in [4.69, 9.17) is 19.0 Å². The Bertz CT molecular complexity index is 752. The van der Waals surface area contributed by atoms with E-state index in [9.17, 15) is 4.79 Å². The highest BCUT2D eigenvalue weighted by Crippen LogP contribution is 2.47. The Morgan fingerprint density at radius 3 is 2.09 bits per heavy atom. The number of nitrogens with zero attached hydrogens (tertiary/aromatic N) is 1. The first-order valence-corrected chi connectivity index (χ1v) is 18.8. The molecule has 7 nitrogen and oxygen atoms in total. The molecule has 2 fully saturated rings. The minimum absolute atomic E-state index is 0.0850. The number of nitrogens with one attached hydrogen (secondary N) is 2. The zero-order valence-electron chi connectivity index (χ0n) is 23.8. The van der Waals surface area contributed by atoms with Gasteiger partial charge in [0.15, 0.2) is 16.6 Å². The summed E-state index contributed by atoms with van der Waals surface area (Å²) in [6.45, 7) is 28.5. The number of ether oxygens (including phenoxy) is 1. The van der Waals surface area contributed by atoms with Gasteiger partial charge in [0.25, 0.3) is 0 Å². The van der Waals surface area contributed by atoms with Crippen LogP contribution in [0.5, 0.6) is 0 Å². The van der Waals surface area contributed by atoms with E-state index in [1.807, 2.05) is 0 Å². The number of urea groups is 1. The van der Waals surface area contributed by atoms with Crippen LogP contribution in [0.3, 0.4) is 0 Å². The Morgan fingerprint density at radius 2 is 1.59 bits per heavy atom. The van der Waals surface area contributed by atoms with Crippen LogP contribution >= 0.6 is 0 Å². The highest BCUT2D eigenvalue weighted by molar-refractivity contribution is 6.74. The molecule has 0 aromatic heterocycles. The molecule has 2 aliphatic heterocycles. The first-order valence-electron chi connectivity index (χ1n) is 13.0. The van der Waals surface area contributed by atoms with Gasteiger partial charge in [-0.2, -0.15) is 0 Å². The Morgan fingerprint density at radius 1 is 1.06 bits per heavy atom. The molecule has 0 saturated carbocycles. The maximum atomic E-state index is 12.6. The second-order valence-electron chi connectivity index (χ2n) is 13.0. The molecule has 2 heterocycles. The van der Waals surface area contributed by atoms with E-state index in [1.165, 1.54) is 0 Å². The Hall–Kier alpha value is -0.746. The summed E-state index contributed by atoms with van der Waals surface area (Å²) < 4.78 is 20.2. The molecule has 9 heteroatoms. The smallest absolute Gasteiger partial charge is 0.324 e. The topological polar surface area (TPSA) is 83.9 Å². The summed E-state index contributed by atoms with van der Waals surface area (Å²) in [5, 5.41) is 10.6. The van der Waals surface area contributed by atoms with Gasteiger partial charge < -0.3 is 13.6 Å². The first-order chi connectivity index (χ1) is 15.3. The molecule has 2 rings (SSSR count). The van der Waals surface area contributed by atoms with Crippen molar-refractivity contribution in [2.45, 2.75) is 123 Å². The fourth-order valence-electron chi connectivity index (χ4n) is 4.44. The van der Waals surface area contributed by atoms with Crippen molar-refractivity contribution in [1.82, 2.24) is 10.2 Å². The summed E-state index contributed by atoms with van der Waals surface area (Å²) in [6.07, 6.45) is 0.451. The number of carbonyl (C=O) groups excluding carboxylic acids is 1. The molecule has 0 aliphatic carbocycles. The van der Waals surface area contributed by atoms with Gasteiger partial charge >= 0.3 is 6.03 Å². The van der Waals surface area contributed by atoms with Crippen LogP contribution in [-0.4, -0.2) is 65.0 Å². The van der Waals surface area contributed by atoms with Crippen LogP contribution in [0.2, 0.25) is 36.3 Å². The van der Waals surface area contributed by atoms with Gasteiger partial charge in [-0.1, -0.05) is 55.4 Å². The quantitative estimate of drug-likeness (QED) is 0.342. The maximum absolute atomic E-state index is 12.6. The highest BCUT2D eigenvalue weighted by atomic mass is 28.4. The normalized spacial score (nSPS) is 25.5. The predicted molar refractivity (Wildman–Crippen MR) is 144 cm³/mol. The number of rotatable bonds is 10. The second kappa shape index (κ2) is 10.3. The van der Waals surface area contributed by atoms with Crippen molar-refractivity contribution in [1.29, 1.82) is 5.41 Å². The summed E-state index contributed by atoms with van der Waals surface area (Å²) in [6, 6.07) is -0.253. The van der Waals surface area contributed by atoms with Gasteiger partial charge in [0.05, 0.1) is 12.7 Å². The summed E-state index contributed by atoms with van der Waals surface area (Å²) in [5.41, 5.74) is 0. The minimum Gasteiger partial charge on any atom is -0.414 e. The lowest BCUT2D eigenvalue weighted by Gasteiger charge is -2.45. The fourth-order valence-corrected chi connectivity index (χ4v) is 9.48. The van der Waals surface area contributed by atoms with Crippen molar-refractivity contribution in [3.8, 4) is 0 Å². The monoisotopic (exact) mass is 513 g/mol. The molecule has 0 aromatic carbocycles. The van der Waals surface area contributed by atoms with E-state index in [0.29, 0.717) is 37.8 Å². The van der Waals surface area contributed by atoms with Crippen LogP contribution < -0.4 is 5.32 Å². The van der Waals surface area contributed by atoms with Crippen LogP contribution in [0.4, 0.5) is 4.79 Å². The van der Waals surface area contributed by atoms with Crippen LogP contribution in [0.25, 0.3) is 0 Å². The summed E-state index contributed by atoms with van der Waals surface area (Å²) in [5.74, 6) is 1.28. The zero-order chi connectivity index (χ0) is 26.3. The van der Waals surface area contributed by atoms with Crippen molar-refractivity contribution in [2.24, 2.45) is 11.8 Å². The van der Waals surface area contributed by atoms with Gasteiger partial charge in [0.1, 0.15) is 18.2 Å². The number of carbonyl (C=O) groups is 1. The molecule has 0 aromatic rings. The lowest BCUT2D eigenvalue weighted by molar-refractivity contribution is -0.0610. The van der Waals surface area contributed by atoms with Crippen LogP contribution in [-0.2, 0) is 13.6 Å². The summed E-state index contributed by atoms with van der Waals surface area (Å²) in [7, 11) is -4.15. The molecule has 34 heavy (non-hydrogen) atoms. The average Bonchev–Trinajstić information content (AvgIpc) is 3.07. The third-order valence-electron chi connectivity index (χ3n) is 9.69. The van der Waals surface area contributed by atoms with Crippen LogP contribution in [0.1, 0.15) is 68.2 Å². The Labute approximate surface area is 210 Å². The molecule has 2 saturated heterocycles. The molecule has 2 amide bonds. The molecular weight excluding hydrogens is 462 g/mol. The van der Waals surface area contributed by atoms with Crippen molar-refractivity contribution in [3.63, 3.8) is 0 Å². The van der Waals surface area contributed by atoms with E-state index in [2.05, 4.69) is 86.9 Å². The van der Waals surface area contributed by atoms with Gasteiger partial charge in [0.2, 0.25) is 0 Å². The van der Waals surface area contributed by atoms with Crippen LogP contribution in [0.15, 0.2) is 0 Å². The molecule has 198 valence electrons. The third-order valence-corrected chi connectivity index (χ3v) is 18.8. The standard InChI is InChI=1S/C25H51N3O4Si2/c1-17(2)24(5,6)33(9,10)30-16-20-19(32-34(11,12)25(7,8)18(3)4)15-22(31-20)28-14-13-21(26)27-23(28)29/h17-20,22H,13-16H2,1-12H3,(H2,26,27,29)/t19-,20+,22+/m0/s1. The van der Waals surface area contributed by atoms with Gasteiger partial charge in [-0.25, -0.2) is 4.79 Å². The molecular formula is C25H51N3O4Si2.